The van der Waals surface area contributed by atoms with Crippen LogP contribution in [0, 0.1) is 5.41 Å². The third-order valence-electron chi connectivity index (χ3n) is 4.30. The molecule has 1 aliphatic rings. The molecule has 0 bridgehead atoms. The maximum absolute atomic E-state index is 5.40. The molecule has 1 aromatic rings. The Morgan fingerprint density at radius 1 is 1.37 bits per heavy atom. The molecule has 1 aliphatic carbocycles. The fourth-order valence-electron chi connectivity index (χ4n) is 2.86. The molecule has 0 saturated heterocycles. The first-order chi connectivity index (χ1) is 9.00. The summed E-state index contributed by atoms with van der Waals surface area (Å²) < 4.78 is 0. The van der Waals surface area contributed by atoms with Crippen LogP contribution in [-0.4, -0.2) is 23.0 Å². The molecule has 0 atom stereocenters. The average molecular weight is 262 g/mol. The van der Waals surface area contributed by atoms with Gasteiger partial charge in [-0.1, -0.05) is 19.9 Å². The minimum atomic E-state index is 0.527. The van der Waals surface area contributed by atoms with Crippen molar-refractivity contribution >= 4 is 5.82 Å². The van der Waals surface area contributed by atoms with Gasteiger partial charge in [0.25, 0.3) is 0 Å². The van der Waals surface area contributed by atoms with Gasteiger partial charge in [-0.3, -0.25) is 4.90 Å². The number of aromatic nitrogens is 1. The molecule has 2 rings (SSSR count). The standard InChI is InChI=1S/C15H26N4/c1-15(2)9-7-13(8-10-15)19(3)11-12-5-4-6-14(17-12)18-16/h4-6,13H,7-11,16H2,1-3H3,(H,17,18). The molecule has 4 heteroatoms. The molecule has 0 radical (unpaired) electrons. The van der Waals surface area contributed by atoms with Crippen LogP contribution in [0.25, 0.3) is 0 Å². The molecule has 1 saturated carbocycles. The Hall–Kier alpha value is -1.13. The number of pyridine rings is 1. The number of anilines is 1. The van der Waals surface area contributed by atoms with E-state index in [-0.39, 0.29) is 0 Å². The van der Waals surface area contributed by atoms with Gasteiger partial charge >= 0.3 is 0 Å². The second-order valence-corrected chi connectivity index (χ2v) is 6.47. The summed E-state index contributed by atoms with van der Waals surface area (Å²) in [5.41, 5.74) is 4.20. The minimum Gasteiger partial charge on any atom is -0.308 e. The normalized spacial score (nSPS) is 19.6. The summed E-state index contributed by atoms with van der Waals surface area (Å²) in [7, 11) is 2.20. The van der Waals surface area contributed by atoms with Crippen molar-refractivity contribution in [2.24, 2.45) is 11.3 Å². The van der Waals surface area contributed by atoms with Gasteiger partial charge in [0.2, 0.25) is 0 Å². The van der Waals surface area contributed by atoms with Gasteiger partial charge in [0.05, 0.1) is 5.69 Å². The number of rotatable bonds is 4. The molecular formula is C15H26N4. The first kappa shape index (κ1) is 14.3. The largest absolute Gasteiger partial charge is 0.308 e. The fraction of sp³-hybridized carbons (Fsp3) is 0.667. The Morgan fingerprint density at radius 3 is 2.68 bits per heavy atom. The number of nitrogen functional groups attached to an aromatic ring is 1. The van der Waals surface area contributed by atoms with Gasteiger partial charge in [0.1, 0.15) is 5.82 Å². The van der Waals surface area contributed by atoms with Crippen LogP contribution in [0.3, 0.4) is 0 Å². The van der Waals surface area contributed by atoms with Gasteiger partial charge < -0.3 is 5.43 Å². The maximum Gasteiger partial charge on any atom is 0.140 e. The van der Waals surface area contributed by atoms with E-state index in [1.54, 1.807) is 0 Å². The molecule has 3 N–H and O–H groups in total. The Labute approximate surface area is 116 Å². The van der Waals surface area contributed by atoms with Crippen LogP contribution in [0.1, 0.15) is 45.2 Å². The highest BCUT2D eigenvalue weighted by Gasteiger charge is 2.28. The molecule has 0 aromatic carbocycles. The summed E-state index contributed by atoms with van der Waals surface area (Å²) in [6, 6.07) is 6.62. The summed E-state index contributed by atoms with van der Waals surface area (Å²) in [4.78, 5) is 6.91. The van der Waals surface area contributed by atoms with Crippen molar-refractivity contribution in [1.29, 1.82) is 0 Å². The number of nitrogens with one attached hydrogen (secondary N) is 1. The summed E-state index contributed by atoms with van der Waals surface area (Å²) >= 11 is 0. The second-order valence-electron chi connectivity index (χ2n) is 6.47. The Morgan fingerprint density at radius 2 is 2.05 bits per heavy atom. The van der Waals surface area contributed by atoms with E-state index in [1.807, 2.05) is 12.1 Å². The van der Waals surface area contributed by atoms with E-state index < -0.39 is 0 Å². The summed E-state index contributed by atoms with van der Waals surface area (Å²) in [6.07, 6.45) is 5.22. The molecule has 0 amide bonds. The van der Waals surface area contributed by atoms with Gasteiger partial charge in [0, 0.05) is 12.6 Å². The maximum atomic E-state index is 5.40. The number of hydrazine groups is 1. The van der Waals surface area contributed by atoms with Gasteiger partial charge in [-0.15, -0.1) is 0 Å². The number of hydrogen-bond donors (Lipinski definition) is 2. The lowest BCUT2D eigenvalue weighted by atomic mass is 9.75. The number of nitrogens with two attached hydrogens (primary N) is 1. The van der Waals surface area contributed by atoms with E-state index >= 15 is 0 Å². The van der Waals surface area contributed by atoms with Gasteiger partial charge in [0.15, 0.2) is 0 Å². The lowest BCUT2D eigenvalue weighted by Crippen LogP contribution is -2.36. The first-order valence-corrected chi connectivity index (χ1v) is 7.13. The highest BCUT2D eigenvalue weighted by atomic mass is 15.3. The predicted octanol–water partition coefficient (Wildman–Crippen LogP) is 2.77. The highest BCUT2D eigenvalue weighted by Crippen LogP contribution is 2.36. The summed E-state index contributed by atoms with van der Waals surface area (Å²) in [6.45, 7) is 5.64. The van der Waals surface area contributed by atoms with Crippen molar-refractivity contribution in [3.05, 3.63) is 23.9 Å². The van der Waals surface area contributed by atoms with E-state index in [1.165, 1.54) is 25.7 Å². The lowest BCUT2D eigenvalue weighted by molar-refractivity contribution is 0.122. The summed E-state index contributed by atoms with van der Waals surface area (Å²) in [5.74, 6) is 6.13. The van der Waals surface area contributed by atoms with Crippen molar-refractivity contribution in [2.75, 3.05) is 12.5 Å². The monoisotopic (exact) mass is 262 g/mol. The molecule has 1 aromatic heterocycles. The van der Waals surface area contributed by atoms with Crippen molar-refractivity contribution < 1.29 is 0 Å². The van der Waals surface area contributed by atoms with Gasteiger partial charge in [-0.2, -0.15) is 0 Å². The van der Waals surface area contributed by atoms with Gasteiger partial charge in [-0.05, 0) is 50.3 Å². The molecule has 0 unspecified atom stereocenters. The van der Waals surface area contributed by atoms with E-state index in [0.29, 0.717) is 11.5 Å². The summed E-state index contributed by atoms with van der Waals surface area (Å²) in [5, 5.41) is 0. The van der Waals surface area contributed by atoms with Crippen LogP contribution >= 0.6 is 0 Å². The quantitative estimate of drug-likeness (QED) is 0.647. The average Bonchev–Trinajstić information content (AvgIpc) is 2.38. The minimum absolute atomic E-state index is 0.527. The van der Waals surface area contributed by atoms with Crippen LogP contribution in [0.2, 0.25) is 0 Å². The second kappa shape index (κ2) is 5.88. The van der Waals surface area contributed by atoms with Crippen LogP contribution in [0.15, 0.2) is 18.2 Å². The predicted molar refractivity (Wildman–Crippen MR) is 79.6 cm³/mol. The van der Waals surface area contributed by atoms with E-state index in [4.69, 9.17) is 5.84 Å². The van der Waals surface area contributed by atoms with Crippen LogP contribution in [0.4, 0.5) is 5.82 Å². The smallest absolute Gasteiger partial charge is 0.140 e. The topological polar surface area (TPSA) is 54.2 Å². The van der Waals surface area contributed by atoms with Crippen molar-refractivity contribution in [3.63, 3.8) is 0 Å². The van der Waals surface area contributed by atoms with E-state index in [9.17, 15) is 0 Å². The van der Waals surface area contributed by atoms with Gasteiger partial charge in [-0.25, -0.2) is 10.8 Å². The van der Waals surface area contributed by atoms with Crippen molar-refractivity contribution in [2.45, 2.75) is 52.1 Å². The Balaban J connectivity index is 1.92. The zero-order chi connectivity index (χ0) is 13.9. The zero-order valence-electron chi connectivity index (χ0n) is 12.3. The van der Waals surface area contributed by atoms with Crippen LogP contribution in [-0.2, 0) is 6.54 Å². The fourth-order valence-corrected chi connectivity index (χ4v) is 2.86. The van der Waals surface area contributed by atoms with Crippen LogP contribution < -0.4 is 11.3 Å². The molecule has 4 nitrogen and oxygen atoms in total. The molecule has 0 aliphatic heterocycles. The van der Waals surface area contributed by atoms with Crippen LogP contribution in [0.5, 0.6) is 0 Å². The molecular weight excluding hydrogens is 236 g/mol. The first-order valence-electron chi connectivity index (χ1n) is 7.13. The Kier molecular flexibility index (Phi) is 4.42. The third kappa shape index (κ3) is 3.91. The van der Waals surface area contributed by atoms with E-state index in [0.717, 1.165) is 18.1 Å². The molecule has 106 valence electrons. The molecule has 19 heavy (non-hydrogen) atoms. The zero-order valence-corrected chi connectivity index (χ0v) is 12.3. The molecule has 1 fully saturated rings. The van der Waals surface area contributed by atoms with E-state index in [2.05, 4.69) is 42.3 Å². The third-order valence-corrected chi connectivity index (χ3v) is 4.30. The number of hydrogen-bond acceptors (Lipinski definition) is 4. The lowest BCUT2D eigenvalue weighted by Gasteiger charge is -2.38. The highest BCUT2D eigenvalue weighted by molar-refractivity contribution is 5.33. The molecule has 0 spiro atoms. The molecule has 1 heterocycles. The van der Waals surface area contributed by atoms with Crippen molar-refractivity contribution in [1.82, 2.24) is 9.88 Å². The SMILES string of the molecule is CN(Cc1cccc(NN)n1)C1CCC(C)(C)CC1. The Bertz CT molecular complexity index is 406. The van der Waals surface area contributed by atoms with Crippen molar-refractivity contribution in [3.8, 4) is 0 Å². The number of nitrogens with zero attached hydrogens (tertiary/aromatic N) is 2.